The van der Waals surface area contributed by atoms with Crippen LogP contribution in [0.4, 0.5) is 4.39 Å². The zero-order valence-electron chi connectivity index (χ0n) is 13.9. The molecule has 1 aromatic heterocycles. The van der Waals surface area contributed by atoms with Crippen LogP contribution in [-0.2, 0) is 11.2 Å². The first-order valence-electron chi connectivity index (χ1n) is 7.56. The van der Waals surface area contributed by atoms with Crippen LogP contribution in [0.25, 0.3) is 11.3 Å². The fourth-order valence-electron chi connectivity index (χ4n) is 2.35. The zero-order chi connectivity index (χ0) is 18.8. The molecule has 7 heteroatoms. The molecule has 26 heavy (non-hydrogen) atoms. The van der Waals surface area contributed by atoms with Gasteiger partial charge in [-0.15, -0.1) is 0 Å². The molecule has 0 bridgehead atoms. The zero-order valence-corrected chi connectivity index (χ0v) is 15.5. The van der Waals surface area contributed by atoms with Crippen molar-refractivity contribution in [2.24, 2.45) is 0 Å². The van der Waals surface area contributed by atoms with Crippen LogP contribution in [0.15, 0.2) is 62.6 Å². The third-order valence-corrected chi connectivity index (χ3v) is 4.75. The van der Waals surface area contributed by atoms with Gasteiger partial charge in [0.25, 0.3) is 0 Å². The standard InChI is InChI=1S/C19H14ClFO4S/c1-11-9-16(22)19(25-17-8-5-13(20)10-15(17)21)18(24-11)12-3-6-14(7-4-12)26(2)23/h3-10H,1-2H3/t26-/m1/s1. The van der Waals surface area contributed by atoms with Gasteiger partial charge in [0, 0.05) is 16.7 Å². The normalized spacial score (nSPS) is 12.0. The van der Waals surface area contributed by atoms with E-state index in [4.69, 9.17) is 20.8 Å². The molecule has 4 nitrogen and oxygen atoms in total. The molecular formula is C19H14ClFO4S. The number of hydrogen-bond acceptors (Lipinski definition) is 4. The molecule has 3 aromatic rings. The highest BCUT2D eigenvalue weighted by atomic mass is 35.5. The molecule has 0 aliphatic heterocycles. The number of halogens is 2. The minimum Gasteiger partial charge on any atom is -0.612 e. The van der Waals surface area contributed by atoms with Crippen molar-refractivity contribution in [3.63, 3.8) is 0 Å². The first-order chi connectivity index (χ1) is 12.3. The van der Waals surface area contributed by atoms with Crippen LogP contribution in [0.1, 0.15) is 5.76 Å². The Labute approximate surface area is 157 Å². The van der Waals surface area contributed by atoms with Crippen molar-refractivity contribution in [3.05, 3.63) is 75.4 Å². The number of ether oxygens (including phenoxy) is 1. The number of benzene rings is 2. The SMILES string of the molecule is Cc1cc(=O)c(Oc2ccc(Cl)cc2F)c(-c2ccc([S@@+](C)[O-])cc2)o1. The fourth-order valence-corrected chi connectivity index (χ4v) is 3.03. The van der Waals surface area contributed by atoms with E-state index in [1.165, 1.54) is 18.2 Å². The Kier molecular flexibility index (Phi) is 5.36. The van der Waals surface area contributed by atoms with E-state index in [2.05, 4.69) is 0 Å². The highest BCUT2D eigenvalue weighted by molar-refractivity contribution is 7.90. The van der Waals surface area contributed by atoms with E-state index in [9.17, 15) is 13.7 Å². The summed E-state index contributed by atoms with van der Waals surface area (Å²) in [5.41, 5.74) is 0.102. The predicted molar refractivity (Wildman–Crippen MR) is 99.0 cm³/mol. The van der Waals surface area contributed by atoms with Gasteiger partial charge in [-0.1, -0.05) is 11.6 Å². The van der Waals surface area contributed by atoms with Gasteiger partial charge in [0.15, 0.2) is 22.2 Å². The average Bonchev–Trinajstić information content (AvgIpc) is 2.59. The molecule has 1 heterocycles. The lowest BCUT2D eigenvalue weighted by Gasteiger charge is -2.12. The Bertz CT molecular complexity index is 999. The lowest BCUT2D eigenvalue weighted by Crippen LogP contribution is -2.07. The van der Waals surface area contributed by atoms with Gasteiger partial charge in [0.2, 0.25) is 11.2 Å². The van der Waals surface area contributed by atoms with Gasteiger partial charge in [-0.25, -0.2) is 4.39 Å². The van der Waals surface area contributed by atoms with Crippen LogP contribution in [-0.4, -0.2) is 10.8 Å². The minimum absolute atomic E-state index is 0.137. The Hall–Kier alpha value is -2.28. The maximum Gasteiger partial charge on any atom is 0.228 e. The molecule has 0 radical (unpaired) electrons. The molecule has 0 saturated heterocycles. The Morgan fingerprint density at radius 3 is 2.46 bits per heavy atom. The molecule has 1 atom stereocenters. The summed E-state index contributed by atoms with van der Waals surface area (Å²) in [6, 6.07) is 11.8. The maximum atomic E-state index is 14.0. The Balaban J connectivity index is 2.09. The second-order valence-electron chi connectivity index (χ2n) is 5.53. The molecule has 0 spiro atoms. The number of aryl methyl sites for hydroxylation is 1. The monoisotopic (exact) mass is 392 g/mol. The van der Waals surface area contributed by atoms with Gasteiger partial charge < -0.3 is 13.7 Å². The lowest BCUT2D eigenvalue weighted by molar-refractivity contribution is 0.415. The minimum atomic E-state index is -1.13. The largest absolute Gasteiger partial charge is 0.612 e. The Morgan fingerprint density at radius 2 is 1.85 bits per heavy atom. The van der Waals surface area contributed by atoms with Crippen LogP contribution in [0, 0.1) is 12.7 Å². The average molecular weight is 393 g/mol. The molecule has 0 N–H and O–H groups in total. The highest BCUT2D eigenvalue weighted by Gasteiger charge is 2.18. The summed E-state index contributed by atoms with van der Waals surface area (Å²) in [6.07, 6.45) is 1.57. The van der Waals surface area contributed by atoms with E-state index in [0.717, 1.165) is 6.07 Å². The summed E-state index contributed by atoms with van der Waals surface area (Å²) in [4.78, 5) is 13.0. The van der Waals surface area contributed by atoms with Crippen LogP contribution >= 0.6 is 11.6 Å². The molecule has 0 saturated carbocycles. The smallest absolute Gasteiger partial charge is 0.228 e. The molecule has 3 rings (SSSR count). The topological polar surface area (TPSA) is 62.5 Å². The molecule has 0 amide bonds. The summed E-state index contributed by atoms with van der Waals surface area (Å²) in [6.45, 7) is 1.63. The van der Waals surface area contributed by atoms with E-state index in [-0.39, 0.29) is 22.3 Å². The van der Waals surface area contributed by atoms with Gasteiger partial charge >= 0.3 is 0 Å². The third-order valence-electron chi connectivity index (χ3n) is 3.58. The molecule has 0 unspecified atom stereocenters. The van der Waals surface area contributed by atoms with E-state index >= 15 is 0 Å². The number of hydrogen-bond donors (Lipinski definition) is 0. The first-order valence-corrected chi connectivity index (χ1v) is 9.50. The summed E-state index contributed by atoms with van der Waals surface area (Å²) < 4.78 is 36.8. The Morgan fingerprint density at radius 1 is 1.15 bits per heavy atom. The van der Waals surface area contributed by atoms with Gasteiger partial charge in [-0.3, -0.25) is 4.79 Å². The first kappa shape index (κ1) is 18.5. The molecule has 134 valence electrons. The van der Waals surface area contributed by atoms with Crippen LogP contribution < -0.4 is 10.2 Å². The van der Waals surface area contributed by atoms with Gasteiger partial charge in [0.1, 0.15) is 12.0 Å². The van der Waals surface area contributed by atoms with Crippen molar-refractivity contribution in [1.29, 1.82) is 0 Å². The van der Waals surface area contributed by atoms with Gasteiger partial charge in [0.05, 0.1) is 0 Å². The second kappa shape index (κ2) is 7.53. The lowest BCUT2D eigenvalue weighted by atomic mass is 10.1. The van der Waals surface area contributed by atoms with Crippen LogP contribution in [0.2, 0.25) is 5.02 Å². The summed E-state index contributed by atoms with van der Waals surface area (Å²) in [7, 11) is 0. The number of rotatable bonds is 4. The molecule has 2 aromatic carbocycles. The van der Waals surface area contributed by atoms with Crippen molar-refractivity contribution in [3.8, 4) is 22.8 Å². The highest BCUT2D eigenvalue weighted by Crippen LogP contribution is 2.33. The van der Waals surface area contributed by atoms with E-state index in [1.54, 1.807) is 37.4 Å². The molecule has 0 aliphatic carbocycles. The van der Waals surface area contributed by atoms with Crippen molar-refractivity contribution in [2.75, 3.05) is 6.26 Å². The second-order valence-corrected chi connectivity index (χ2v) is 7.35. The maximum absolute atomic E-state index is 14.0. The summed E-state index contributed by atoms with van der Waals surface area (Å²) in [5, 5.41) is 0.217. The van der Waals surface area contributed by atoms with Crippen LogP contribution in [0.3, 0.4) is 0 Å². The third kappa shape index (κ3) is 3.93. The predicted octanol–water partition coefficient (Wildman–Crippen LogP) is 4.94. The van der Waals surface area contributed by atoms with E-state index < -0.39 is 22.4 Å². The van der Waals surface area contributed by atoms with Gasteiger partial charge in [-0.2, -0.15) is 0 Å². The van der Waals surface area contributed by atoms with Crippen molar-refractivity contribution >= 4 is 22.8 Å². The van der Waals surface area contributed by atoms with E-state index in [0.29, 0.717) is 16.2 Å². The molecular weight excluding hydrogens is 379 g/mol. The van der Waals surface area contributed by atoms with Crippen molar-refractivity contribution in [1.82, 2.24) is 0 Å². The van der Waals surface area contributed by atoms with Crippen LogP contribution in [0.5, 0.6) is 11.5 Å². The van der Waals surface area contributed by atoms with Crippen molar-refractivity contribution in [2.45, 2.75) is 11.8 Å². The quantitative estimate of drug-likeness (QED) is 0.590. The fraction of sp³-hybridized carbons (Fsp3) is 0.105. The van der Waals surface area contributed by atoms with E-state index in [1.807, 2.05) is 0 Å². The van der Waals surface area contributed by atoms with Gasteiger partial charge in [-0.05, 0) is 60.6 Å². The summed E-state index contributed by atoms with van der Waals surface area (Å²) in [5.74, 6) is -0.421. The molecule has 0 fully saturated rings. The summed E-state index contributed by atoms with van der Waals surface area (Å²) >= 11 is 4.61. The molecule has 0 aliphatic rings. The van der Waals surface area contributed by atoms with Crippen molar-refractivity contribution < 1.29 is 18.1 Å².